The van der Waals surface area contributed by atoms with Crippen LogP contribution in [0.3, 0.4) is 0 Å². The lowest BCUT2D eigenvalue weighted by Crippen LogP contribution is -2.57. The van der Waals surface area contributed by atoms with Crippen LogP contribution in [0.4, 0.5) is 13.2 Å². The Hall–Kier alpha value is -0.530. The van der Waals surface area contributed by atoms with E-state index in [0.717, 1.165) is 0 Å². The molecule has 0 aromatic carbocycles. The number of rotatable bonds is 4. The molecule has 1 amide bonds. The molecule has 0 aromatic heterocycles. The van der Waals surface area contributed by atoms with Gasteiger partial charge in [-0.1, -0.05) is 0 Å². The maximum absolute atomic E-state index is 13.3. The molecule has 1 saturated heterocycles. The standard InChI is InChI=1S/C16H24F3N3O.ClH/c17-16(18,19)11(22-5-3-20-4-6-22)8-21-15(23)14-12-9-1-2-10(7-9)13(12)14;/h9-14,20H,1-8H2,(H,21,23);1H. The number of halogens is 4. The third kappa shape index (κ3) is 3.15. The molecule has 8 heteroatoms. The van der Waals surface area contributed by atoms with E-state index in [1.165, 1.54) is 24.2 Å². The van der Waals surface area contributed by atoms with Gasteiger partial charge in [0.05, 0.1) is 0 Å². The van der Waals surface area contributed by atoms with Crippen molar-refractivity contribution in [2.45, 2.75) is 31.5 Å². The molecule has 1 aliphatic heterocycles. The second-order valence-electron chi connectivity index (χ2n) is 7.60. The third-order valence-electron chi connectivity index (χ3n) is 6.48. The van der Waals surface area contributed by atoms with Crippen LogP contribution < -0.4 is 10.6 Å². The number of piperazine rings is 1. The number of carbonyl (C=O) groups excluding carboxylic acids is 1. The Morgan fingerprint density at radius 1 is 1.17 bits per heavy atom. The highest BCUT2D eigenvalue weighted by atomic mass is 35.5. The highest BCUT2D eigenvalue weighted by molar-refractivity contribution is 5.85. The van der Waals surface area contributed by atoms with Crippen LogP contribution in [0, 0.1) is 29.6 Å². The molecule has 5 atom stereocenters. The summed E-state index contributed by atoms with van der Waals surface area (Å²) in [6.07, 6.45) is -0.642. The first-order valence-corrected chi connectivity index (χ1v) is 8.76. The highest BCUT2D eigenvalue weighted by Gasteiger charge is 2.67. The van der Waals surface area contributed by atoms with Crippen molar-refractivity contribution in [1.29, 1.82) is 0 Å². The van der Waals surface area contributed by atoms with E-state index in [9.17, 15) is 18.0 Å². The largest absolute Gasteiger partial charge is 0.405 e. The lowest BCUT2D eigenvalue weighted by Gasteiger charge is -2.36. The first kappa shape index (κ1) is 18.3. The highest BCUT2D eigenvalue weighted by Crippen LogP contribution is 2.69. The number of carbonyl (C=O) groups is 1. The minimum absolute atomic E-state index is 0. The molecule has 0 aromatic rings. The lowest BCUT2D eigenvalue weighted by molar-refractivity contribution is -0.184. The van der Waals surface area contributed by atoms with Crippen molar-refractivity contribution in [1.82, 2.24) is 15.5 Å². The van der Waals surface area contributed by atoms with Crippen LogP contribution in [-0.2, 0) is 4.79 Å². The molecule has 4 fully saturated rings. The van der Waals surface area contributed by atoms with Gasteiger partial charge < -0.3 is 10.6 Å². The fraction of sp³-hybridized carbons (Fsp3) is 0.938. The molecule has 5 unspecified atom stereocenters. The molecule has 0 spiro atoms. The van der Waals surface area contributed by atoms with Gasteiger partial charge in [-0.05, 0) is 42.9 Å². The molecule has 2 N–H and O–H groups in total. The molecule has 4 aliphatic rings. The zero-order valence-electron chi connectivity index (χ0n) is 13.5. The Morgan fingerprint density at radius 2 is 1.75 bits per heavy atom. The summed E-state index contributed by atoms with van der Waals surface area (Å²) in [5.74, 6) is 2.12. The van der Waals surface area contributed by atoms with Gasteiger partial charge in [-0.15, -0.1) is 12.4 Å². The summed E-state index contributed by atoms with van der Waals surface area (Å²) in [5, 5.41) is 5.69. The predicted molar refractivity (Wildman–Crippen MR) is 85.8 cm³/mol. The SMILES string of the molecule is Cl.O=C(NCC(N1CCNCC1)C(F)(F)F)C1C2C3CCC(C3)C12. The number of fused-ring (bicyclic) bond motifs is 5. The number of nitrogens with zero attached hydrogens (tertiary/aromatic N) is 1. The topological polar surface area (TPSA) is 44.4 Å². The lowest BCUT2D eigenvalue weighted by atomic mass is 10.0. The van der Waals surface area contributed by atoms with Gasteiger partial charge in [0.25, 0.3) is 0 Å². The van der Waals surface area contributed by atoms with Crippen LogP contribution in [0.25, 0.3) is 0 Å². The summed E-state index contributed by atoms with van der Waals surface area (Å²) < 4.78 is 40.0. The quantitative estimate of drug-likeness (QED) is 0.794. The van der Waals surface area contributed by atoms with E-state index < -0.39 is 12.2 Å². The van der Waals surface area contributed by atoms with E-state index in [1.807, 2.05) is 0 Å². The maximum Gasteiger partial charge on any atom is 0.405 e. The minimum Gasteiger partial charge on any atom is -0.354 e. The Labute approximate surface area is 146 Å². The number of amides is 1. The molecule has 3 saturated carbocycles. The van der Waals surface area contributed by atoms with Crippen LogP contribution in [0.5, 0.6) is 0 Å². The summed E-state index contributed by atoms with van der Waals surface area (Å²) in [4.78, 5) is 13.8. The minimum atomic E-state index is -4.30. The van der Waals surface area contributed by atoms with Crippen LogP contribution >= 0.6 is 12.4 Å². The fourth-order valence-electron chi connectivity index (χ4n) is 5.44. The molecular formula is C16H25ClF3N3O. The summed E-state index contributed by atoms with van der Waals surface area (Å²) in [6.45, 7) is 1.57. The Balaban J connectivity index is 0.00000169. The summed E-state index contributed by atoms with van der Waals surface area (Å²) in [6, 6.07) is -1.57. The van der Waals surface area contributed by atoms with Crippen molar-refractivity contribution in [3.05, 3.63) is 0 Å². The van der Waals surface area contributed by atoms with Crippen LogP contribution in [0.2, 0.25) is 0 Å². The van der Waals surface area contributed by atoms with Gasteiger partial charge in [-0.25, -0.2) is 0 Å². The van der Waals surface area contributed by atoms with Gasteiger partial charge in [-0.2, -0.15) is 13.2 Å². The smallest absolute Gasteiger partial charge is 0.354 e. The number of hydrogen-bond donors (Lipinski definition) is 2. The Morgan fingerprint density at radius 3 is 2.29 bits per heavy atom. The second kappa shape index (κ2) is 6.65. The van der Waals surface area contributed by atoms with E-state index >= 15 is 0 Å². The van der Waals surface area contributed by atoms with Crippen LogP contribution in [-0.4, -0.2) is 55.7 Å². The maximum atomic E-state index is 13.3. The van der Waals surface area contributed by atoms with E-state index in [4.69, 9.17) is 0 Å². The molecule has 138 valence electrons. The number of hydrogen-bond acceptors (Lipinski definition) is 3. The van der Waals surface area contributed by atoms with Crippen molar-refractivity contribution in [2.75, 3.05) is 32.7 Å². The molecule has 2 bridgehead atoms. The number of alkyl halides is 3. The zero-order chi connectivity index (χ0) is 16.2. The van der Waals surface area contributed by atoms with E-state index in [-0.39, 0.29) is 30.8 Å². The fourth-order valence-corrected chi connectivity index (χ4v) is 5.44. The Bertz CT molecular complexity index is 468. The molecule has 3 aliphatic carbocycles. The average molecular weight is 368 g/mol. The molecular weight excluding hydrogens is 343 g/mol. The molecule has 24 heavy (non-hydrogen) atoms. The predicted octanol–water partition coefficient (Wildman–Crippen LogP) is 1.65. The molecule has 4 rings (SSSR count). The Kier molecular flexibility index (Phi) is 5.06. The number of nitrogens with one attached hydrogen (secondary N) is 2. The molecule has 4 nitrogen and oxygen atoms in total. The normalized spacial score (nSPS) is 39.0. The van der Waals surface area contributed by atoms with Gasteiger partial charge >= 0.3 is 6.18 Å². The van der Waals surface area contributed by atoms with Crippen molar-refractivity contribution >= 4 is 18.3 Å². The van der Waals surface area contributed by atoms with Gasteiger partial charge in [0.15, 0.2) is 0 Å². The van der Waals surface area contributed by atoms with Crippen LogP contribution in [0.1, 0.15) is 19.3 Å². The van der Waals surface area contributed by atoms with Gasteiger partial charge in [-0.3, -0.25) is 9.69 Å². The molecule has 0 radical (unpaired) electrons. The van der Waals surface area contributed by atoms with Gasteiger partial charge in [0.2, 0.25) is 5.91 Å². The summed E-state index contributed by atoms with van der Waals surface area (Å²) in [7, 11) is 0. The van der Waals surface area contributed by atoms with E-state index in [0.29, 0.717) is 49.9 Å². The van der Waals surface area contributed by atoms with Gasteiger partial charge in [0, 0.05) is 38.6 Å². The third-order valence-corrected chi connectivity index (χ3v) is 6.48. The summed E-state index contributed by atoms with van der Waals surface area (Å²) >= 11 is 0. The average Bonchev–Trinajstić information content (AvgIpc) is 2.95. The monoisotopic (exact) mass is 367 g/mol. The first-order valence-electron chi connectivity index (χ1n) is 8.76. The van der Waals surface area contributed by atoms with E-state index in [1.54, 1.807) is 0 Å². The van der Waals surface area contributed by atoms with Crippen molar-refractivity contribution in [2.24, 2.45) is 29.6 Å². The van der Waals surface area contributed by atoms with Crippen LogP contribution in [0.15, 0.2) is 0 Å². The van der Waals surface area contributed by atoms with Crippen molar-refractivity contribution in [3.63, 3.8) is 0 Å². The summed E-state index contributed by atoms with van der Waals surface area (Å²) in [5.41, 5.74) is 0. The second-order valence-corrected chi connectivity index (χ2v) is 7.60. The molecule has 1 heterocycles. The van der Waals surface area contributed by atoms with Crippen molar-refractivity contribution in [3.8, 4) is 0 Å². The first-order chi connectivity index (χ1) is 11.0. The zero-order valence-corrected chi connectivity index (χ0v) is 14.3. The van der Waals surface area contributed by atoms with Gasteiger partial charge in [0.1, 0.15) is 6.04 Å². The van der Waals surface area contributed by atoms with E-state index in [2.05, 4.69) is 10.6 Å². The van der Waals surface area contributed by atoms with Crippen molar-refractivity contribution < 1.29 is 18.0 Å².